The fourth-order valence-electron chi connectivity index (χ4n) is 2.24. The molecular weight excluding hydrogens is 208 g/mol. The lowest BCUT2D eigenvalue weighted by molar-refractivity contribution is -0.00245. The lowest BCUT2D eigenvalue weighted by Gasteiger charge is -2.35. The van der Waals surface area contributed by atoms with Crippen LogP contribution in [0.5, 0.6) is 0 Å². The van der Waals surface area contributed by atoms with Crippen LogP contribution >= 0.6 is 11.3 Å². The minimum atomic E-state index is -0.509. The van der Waals surface area contributed by atoms with Gasteiger partial charge in [0.15, 0.2) is 0 Å². The fourth-order valence-corrected chi connectivity index (χ4v) is 2.99. The molecule has 1 heterocycles. The van der Waals surface area contributed by atoms with Crippen LogP contribution in [0.3, 0.4) is 0 Å². The van der Waals surface area contributed by atoms with E-state index in [1.54, 1.807) is 11.3 Å². The van der Waals surface area contributed by atoms with Crippen molar-refractivity contribution in [3.63, 3.8) is 0 Å². The summed E-state index contributed by atoms with van der Waals surface area (Å²) in [5, 5.41) is 16.7. The molecular formula is C11H18N2OS. The molecule has 0 unspecified atom stereocenters. The number of nitrogens with one attached hydrogen (secondary N) is 1. The molecule has 0 bridgehead atoms. The Hall–Kier alpha value is -0.450. The molecule has 4 heteroatoms. The molecule has 84 valence electrons. The van der Waals surface area contributed by atoms with Gasteiger partial charge in [-0.05, 0) is 32.7 Å². The summed E-state index contributed by atoms with van der Waals surface area (Å²) in [7, 11) is 2.00. The predicted octanol–water partition coefficient (Wildman–Crippen LogP) is 1.58. The van der Waals surface area contributed by atoms with E-state index in [1.807, 2.05) is 18.6 Å². The van der Waals surface area contributed by atoms with Crippen LogP contribution in [0.2, 0.25) is 0 Å². The molecule has 0 amide bonds. The van der Waals surface area contributed by atoms with Gasteiger partial charge in [-0.2, -0.15) is 0 Å². The Morgan fingerprint density at radius 1 is 1.60 bits per heavy atom. The maximum atomic E-state index is 10.4. The zero-order valence-corrected chi connectivity index (χ0v) is 9.89. The van der Waals surface area contributed by atoms with Crippen LogP contribution in [0.1, 0.15) is 30.7 Å². The summed E-state index contributed by atoms with van der Waals surface area (Å²) in [6.45, 7) is 0. The Morgan fingerprint density at radius 3 is 2.87 bits per heavy atom. The van der Waals surface area contributed by atoms with Crippen molar-refractivity contribution in [1.29, 1.82) is 0 Å². The van der Waals surface area contributed by atoms with Gasteiger partial charge in [0.25, 0.3) is 0 Å². The van der Waals surface area contributed by atoms with Gasteiger partial charge in [-0.25, -0.2) is 4.98 Å². The summed E-state index contributed by atoms with van der Waals surface area (Å²) in [6.07, 6.45) is 6.44. The first-order valence-corrected chi connectivity index (χ1v) is 6.38. The smallest absolute Gasteiger partial charge is 0.0953 e. The van der Waals surface area contributed by atoms with Gasteiger partial charge in [0.1, 0.15) is 0 Å². The van der Waals surface area contributed by atoms with E-state index in [-0.39, 0.29) is 0 Å². The molecule has 1 fully saturated rings. The van der Waals surface area contributed by atoms with Gasteiger partial charge < -0.3 is 10.4 Å². The van der Waals surface area contributed by atoms with Gasteiger partial charge in [0, 0.05) is 24.0 Å². The van der Waals surface area contributed by atoms with E-state index in [4.69, 9.17) is 0 Å². The molecule has 2 rings (SSSR count). The third-order valence-corrected chi connectivity index (χ3v) is 4.07. The van der Waals surface area contributed by atoms with E-state index in [9.17, 15) is 5.11 Å². The summed E-state index contributed by atoms with van der Waals surface area (Å²) in [5.41, 5.74) is -0.509. The van der Waals surface area contributed by atoms with Crippen LogP contribution in [0, 0.1) is 0 Å². The third-order valence-electron chi connectivity index (χ3n) is 3.29. The molecule has 0 radical (unpaired) electrons. The van der Waals surface area contributed by atoms with Crippen molar-refractivity contribution in [3.8, 4) is 0 Å². The van der Waals surface area contributed by atoms with Crippen LogP contribution < -0.4 is 5.32 Å². The maximum Gasteiger partial charge on any atom is 0.0953 e. The van der Waals surface area contributed by atoms with Gasteiger partial charge in [0.05, 0.1) is 10.6 Å². The topological polar surface area (TPSA) is 45.1 Å². The average molecular weight is 226 g/mol. The number of hydrogen-bond acceptors (Lipinski definition) is 4. The largest absolute Gasteiger partial charge is 0.389 e. The van der Waals surface area contributed by atoms with Crippen LogP contribution in [-0.4, -0.2) is 28.8 Å². The molecule has 0 saturated heterocycles. The van der Waals surface area contributed by atoms with Crippen LogP contribution in [0.4, 0.5) is 0 Å². The average Bonchev–Trinajstić information content (AvgIpc) is 2.71. The summed E-state index contributed by atoms with van der Waals surface area (Å²) in [6, 6.07) is 0.585. The van der Waals surface area contributed by atoms with Crippen LogP contribution in [0.25, 0.3) is 0 Å². The minimum Gasteiger partial charge on any atom is -0.389 e. The molecule has 0 spiro atoms. The van der Waals surface area contributed by atoms with Crippen molar-refractivity contribution >= 4 is 11.3 Å². The standard InChI is InChI=1S/C11H18N2OS/c1-12-9-2-4-11(14,5-3-9)8-10-13-6-7-15-10/h6-7,9,12,14H,2-5,8H2,1H3. The lowest BCUT2D eigenvalue weighted by Crippen LogP contribution is -2.41. The molecule has 1 saturated carbocycles. The molecule has 3 nitrogen and oxygen atoms in total. The lowest BCUT2D eigenvalue weighted by atomic mass is 9.80. The quantitative estimate of drug-likeness (QED) is 0.822. The molecule has 0 aromatic carbocycles. The number of aliphatic hydroxyl groups is 1. The van der Waals surface area contributed by atoms with Gasteiger partial charge >= 0.3 is 0 Å². The van der Waals surface area contributed by atoms with E-state index in [0.717, 1.165) is 37.1 Å². The van der Waals surface area contributed by atoms with Crippen molar-refractivity contribution in [2.75, 3.05) is 7.05 Å². The van der Waals surface area contributed by atoms with E-state index in [0.29, 0.717) is 6.04 Å². The molecule has 1 aromatic heterocycles. The highest BCUT2D eigenvalue weighted by Gasteiger charge is 2.33. The zero-order chi connectivity index (χ0) is 10.7. The van der Waals surface area contributed by atoms with Crippen molar-refractivity contribution in [1.82, 2.24) is 10.3 Å². The molecule has 1 aromatic rings. The van der Waals surface area contributed by atoms with E-state index < -0.39 is 5.60 Å². The highest BCUT2D eigenvalue weighted by molar-refractivity contribution is 7.09. The Labute approximate surface area is 94.5 Å². The highest BCUT2D eigenvalue weighted by Crippen LogP contribution is 2.31. The van der Waals surface area contributed by atoms with Crippen molar-refractivity contribution in [2.45, 2.75) is 43.7 Å². The second-order valence-electron chi connectivity index (χ2n) is 4.39. The first kappa shape index (κ1) is 11.0. The number of thiazole rings is 1. The van der Waals surface area contributed by atoms with Crippen molar-refractivity contribution < 1.29 is 5.11 Å². The summed E-state index contributed by atoms with van der Waals surface area (Å²) in [5.74, 6) is 0. The Morgan fingerprint density at radius 2 is 2.33 bits per heavy atom. The number of rotatable bonds is 3. The van der Waals surface area contributed by atoms with Gasteiger partial charge in [0.2, 0.25) is 0 Å². The molecule has 0 aliphatic heterocycles. The number of nitrogens with zero attached hydrogens (tertiary/aromatic N) is 1. The SMILES string of the molecule is CNC1CCC(O)(Cc2nccs2)CC1. The summed E-state index contributed by atoms with van der Waals surface area (Å²) in [4.78, 5) is 4.24. The summed E-state index contributed by atoms with van der Waals surface area (Å²) < 4.78 is 0. The monoisotopic (exact) mass is 226 g/mol. The highest BCUT2D eigenvalue weighted by atomic mass is 32.1. The van der Waals surface area contributed by atoms with Gasteiger partial charge in [-0.15, -0.1) is 11.3 Å². The Balaban J connectivity index is 1.92. The number of hydrogen-bond donors (Lipinski definition) is 2. The number of aromatic nitrogens is 1. The fraction of sp³-hybridized carbons (Fsp3) is 0.727. The maximum absolute atomic E-state index is 10.4. The molecule has 2 N–H and O–H groups in total. The second kappa shape index (κ2) is 4.60. The summed E-state index contributed by atoms with van der Waals surface area (Å²) >= 11 is 1.63. The molecule has 1 aliphatic rings. The van der Waals surface area contributed by atoms with Crippen molar-refractivity contribution in [3.05, 3.63) is 16.6 Å². The molecule has 15 heavy (non-hydrogen) atoms. The third kappa shape index (κ3) is 2.77. The van der Waals surface area contributed by atoms with Crippen LogP contribution in [0.15, 0.2) is 11.6 Å². The van der Waals surface area contributed by atoms with Gasteiger partial charge in [-0.3, -0.25) is 0 Å². The molecule has 1 aliphatic carbocycles. The molecule has 0 atom stereocenters. The first-order chi connectivity index (χ1) is 7.22. The predicted molar refractivity (Wildman–Crippen MR) is 62.1 cm³/mol. The second-order valence-corrected chi connectivity index (χ2v) is 5.37. The van der Waals surface area contributed by atoms with E-state index >= 15 is 0 Å². The van der Waals surface area contributed by atoms with Crippen molar-refractivity contribution in [2.24, 2.45) is 0 Å². The van der Waals surface area contributed by atoms with Crippen LogP contribution in [-0.2, 0) is 6.42 Å². The Kier molecular flexibility index (Phi) is 3.38. The Bertz CT molecular complexity index is 292. The first-order valence-electron chi connectivity index (χ1n) is 5.50. The zero-order valence-electron chi connectivity index (χ0n) is 9.07. The van der Waals surface area contributed by atoms with E-state index in [2.05, 4.69) is 10.3 Å². The van der Waals surface area contributed by atoms with E-state index in [1.165, 1.54) is 0 Å². The minimum absolute atomic E-state index is 0.509. The normalized spacial score (nSPS) is 31.7. The van der Waals surface area contributed by atoms with Gasteiger partial charge in [-0.1, -0.05) is 0 Å².